The van der Waals surface area contributed by atoms with Crippen molar-refractivity contribution in [2.45, 2.75) is 18.2 Å². The maximum atomic E-state index is 13.5. The summed E-state index contributed by atoms with van der Waals surface area (Å²) in [4.78, 5) is 0. The Morgan fingerprint density at radius 1 is 1.44 bits per heavy atom. The second-order valence-corrected chi connectivity index (χ2v) is 5.86. The van der Waals surface area contributed by atoms with Crippen LogP contribution in [-0.4, -0.2) is 21.8 Å². The Hall–Kier alpha value is -0.810. The van der Waals surface area contributed by atoms with Gasteiger partial charge in [0, 0.05) is 40.0 Å². The van der Waals surface area contributed by atoms with Crippen molar-refractivity contribution in [2.75, 3.05) is 12.3 Å². The molecule has 1 aromatic carbocycles. The zero-order chi connectivity index (χ0) is 11.7. The van der Waals surface area contributed by atoms with Crippen LogP contribution < -0.4 is 5.32 Å². The fraction of sp³-hybridized carbons (Fsp3) is 0.455. The first-order chi connectivity index (χ1) is 7.59. The first-order valence-corrected chi connectivity index (χ1v) is 6.52. The SMILES string of the molecule is CC1CNC(c2cccc(F)c2F)CS1=O. The second kappa shape index (κ2) is 4.59. The van der Waals surface area contributed by atoms with Gasteiger partial charge in [-0.25, -0.2) is 8.78 Å². The Bertz CT molecular complexity index is 424. The zero-order valence-electron chi connectivity index (χ0n) is 8.87. The fourth-order valence-electron chi connectivity index (χ4n) is 1.78. The third kappa shape index (κ3) is 2.15. The van der Waals surface area contributed by atoms with Gasteiger partial charge in [-0.3, -0.25) is 4.21 Å². The van der Waals surface area contributed by atoms with E-state index in [0.717, 1.165) is 6.07 Å². The summed E-state index contributed by atoms with van der Waals surface area (Å²) >= 11 is 0. The number of halogens is 2. The molecule has 5 heteroatoms. The lowest BCUT2D eigenvalue weighted by molar-refractivity contribution is 0.467. The molecule has 2 nitrogen and oxygen atoms in total. The molecule has 0 bridgehead atoms. The van der Waals surface area contributed by atoms with Crippen LogP contribution in [0.15, 0.2) is 18.2 Å². The first kappa shape index (κ1) is 11.7. The number of hydrogen-bond acceptors (Lipinski definition) is 2. The summed E-state index contributed by atoms with van der Waals surface area (Å²) in [5, 5.41) is 3.15. The summed E-state index contributed by atoms with van der Waals surface area (Å²) in [5.74, 6) is -1.36. The molecule has 0 amide bonds. The number of rotatable bonds is 1. The van der Waals surface area contributed by atoms with Crippen molar-refractivity contribution in [1.29, 1.82) is 0 Å². The minimum Gasteiger partial charge on any atom is -0.308 e. The van der Waals surface area contributed by atoms with E-state index in [9.17, 15) is 13.0 Å². The van der Waals surface area contributed by atoms with E-state index in [1.807, 2.05) is 6.92 Å². The summed E-state index contributed by atoms with van der Waals surface area (Å²) < 4.78 is 38.2. The Labute approximate surface area is 95.5 Å². The van der Waals surface area contributed by atoms with Crippen LogP contribution in [0.25, 0.3) is 0 Å². The van der Waals surface area contributed by atoms with Gasteiger partial charge in [0.25, 0.3) is 0 Å². The lowest BCUT2D eigenvalue weighted by Crippen LogP contribution is -2.41. The molecule has 1 fully saturated rings. The minimum atomic E-state index is -0.982. The Balaban J connectivity index is 2.25. The van der Waals surface area contributed by atoms with E-state index < -0.39 is 22.4 Å². The molecule has 1 N–H and O–H groups in total. The van der Waals surface area contributed by atoms with Crippen LogP contribution >= 0.6 is 0 Å². The highest BCUT2D eigenvalue weighted by Crippen LogP contribution is 2.23. The molecule has 0 radical (unpaired) electrons. The second-order valence-electron chi connectivity index (χ2n) is 3.96. The minimum absolute atomic E-state index is 0.0628. The lowest BCUT2D eigenvalue weighted by atomic mass is 10.1. The molecule has 1 saturated heterocycles. The average molecular weight is 245 g/mol. The fourth-order valence-corrected chi connectivity index (χ4v) is 3.01. The van der Waals surface area contributed by atoms with Crippen LogP contribution in [0, 0.1) is 11.6 Å². The molecule has 88 valence electrons. The van der Waals surface area contributed by atoms with Crippen LogP contribution in [0.4, 0.5) is 8.78 Å². The largest absolute Gasteiger partial charge is 0.308 e. The summed E-state index contributed by atoms with van der Waals surface area (Å²) in [5.41, 5.74) is 0.264. The zero-order valence-corrected chi connectivity index (χ0v) is 9.69. The van der Waals surface area contributed by atoms with Gasteiger partial charge in [-0.1, -0.05) is 12.1 Å². The maximum Gasteiger partial charge on any atom is 0.163 e. The smallest absolute Gasteiger partial charge is 0.163 e. The molecule has 0 spiro atoms. The topological polar surface area (TPSA) is 29.1 Å². The van der Waals surface area contributed by atoms with E-state index in [-0.39, 0.29) is 16.9 Å². The molecule has 16 heavy (non-hydrogen) atoms. The van der Waals surface area contributed by atoms with Crippen molar-refractivity contribution < 1.29 is 13.0 Å². The normalized spacial score (nSPS) is 30.3. The maximum absolute atomic E-state index is 13.5. The first-order valence-electron chi connectivity index (χ1n) is 5.14. The predicted molar refractivity (Wildman–Crippen MR) is 59.6 cm³/mol. The van der Waals surface area contributed by atoms with E-state index in [0.29, 0.717) is 12.3 Å². The van der Waals surface area contributed by atoms with Gasteiger partial charge in [-0.05, 0) is 13.0 Å². The Morgan fingerprint density at radius 3 is 2.88 bits per heavy atom. The van der Waals surface area contributed by atoms with Crippen molar-refractivity contribution in [3.8, 4) is 0 Å². The van der Waals surface area contributed by atoms with Gasteiger partial charge in [-0.2, -0.15) is 0 Å². The van der Waals surface area contributed by atoms with E-state index in [1.54, 1.807) is 0 Å². The molecule has 2 rings (SSSR count). The highest BCUT2D eigenvalue weighted by molar-refractivity contribution is 7.85. The van der Waals surface area contributed by atoms with E-state index in [1.165, 1.54) is 12.1 Å². The van der Waals surface area contributed by atoms with Crippen molar-refractivity contribution in [3.05, 3.63) is 35.4 Å². The van der Waals surface area contributed by atoms with Gasteiger partial charge < -0.3 is 5.32 Å². The summed E-state index contributed by atoms with van der Waals surface area (Å²) in [7, 11) is -0.982. The highest BCUT2D eigenvalue weighted by atomic mass is 32.2. The van der Waals surface area contributed by atoms with E-state index in [2.05, 4.69) is 5.32 Å². The van der Waals surface area contributed by atoms with Gasteiger partial charge in [0.05, 0.1) is 0 Å². The van der Waals surface area contributed by atoms with Crippen LogP contribution in [0.5, 0.6) is 0 Å². The summed E-state index contributed by atoms with van der Waals surface area (Å²) in [6, 6.07) is 3.73. The lowest BCUT2D eigenvalue weighted by Gasteiger charge is -2.27. The van der Waals surface area contributed by atoms with Gasteiger partial charge in [0.15, 0.2) is 11.6 Å². The van der Waals surface area contributed by atoms with Crippen LogP contribution in [0.3, 0.4) is 0 Å². The third-order valence-electron chi connectivity index (χ3n) is 2.79. The number of benzene rings is 1. The molecule has 1 aliphatic rings. The molecular weight excluding hydrogens is 232 g/mol. The molecule has 0 aromatic heterocycles. The van der Waals surface area contributed by atoms with Crippen LogP contribution in [-0.2, 0) is 10.8 Å². The quantitative estimate of drug-likeness (QED) is 0.816. The molecule has 1 heterocycles. The van der Waals surface area contributed by atoms with E-state index >= 15 is 0 Å². The molecule has 3 atom stereocenters. The molecule has 1 aliphatic heterocycles. The summed E-state index contributed by atoms with van der Waals surface area (Å²) in [6.45, 7) is 2.44. The van der Waals surface area contributed by atoms with Crippen LogP contribution in [0.2, 0.25) is 0 Å². The third-order valence-corrected chi connectivity index (χ3v) is 4.51. The standard InChI is InChI=1S/C11H13F2NOS/c1-7-5-14-10(6-16(7)15)8-3-2-4-9(12)11(8)13/h2-4,7,10,14H,5-6H2,1H3. The van der Waals surface area contributed by atoms with Crippen molar-refractivity contribution in [2.24, 2.45) is 0 Å². The van der Waals surface area contributed by atoms with Crippen molar-refractivity contribution >= 4 is 10.8 Å². The molecule has 0 saturated carbocycles. The molecular formula is C11H13F2NOS. The molecule has 0 aliphatic carbocycles. The van der Waals surface area contributed by atoms with Gasteiger partial charge >= 0.3 is 0 Å². The Morgan fingerprint density at radius 2 is 2.19 bits per heavy atom. The Kier molecular flexibility index (Phi) is 3.35. The van der Waals surface area contributed by atoms with Gasteiger partial charge in [-0.15, -0.1) is 0 Å². The van der Waals surface area contributed by atoms with Gasteiger partial charge in [0.1, 0.15) is 0 Å². The van der Waals surface area contributed by atoms with Crippen molar-refractivity contribution in [3.63, 3.8) is 0 Å². The van der Waals surface area contributed by atoms with Gasteiger partial charge in [0.2, 0.25) is 0 Å². The number of nitrogens with one attached hydrogen (secondary N) is 1. The van der Waals surface area contributed by atoms with Crippen molar-refractivity contribution in [1.82, 2.24) is 5.32 Å². The summed E-state index contributed by atoms with van der Waals surface area (Å²) in [6.07, 6.45) is 0. The predicted octanol–water partition coefficient (Wildman–Crippen LogP) is 1.75. The van der Waals surface area contributed by atoms with E-state index in [4.69, 9.17) is 0 Å². The monoisotopic (exact) mass is 245 g/mol. The molecule has 1 aromatic rings. The highest BCUT2D eigenvalue weighted by Gasteiger charge is 2.27. The average Bonchev–Trinajstić information content (AvgIpc) is 2.26. The molecule has 3 unspecified atom stereocenters. The number of hydrogen-bond donors (Lipinski definition) is 1. The van der Waals surface area contributed by atoms with Crippen LogP contribution in [0.1, 0.15) is 18.5 Å².